The van der Waals surface area contributed by atoms with E-state index in [1.807, 2.05) is 4.90 Å². The normalized spacial score (nSPS) is 17.4. The van der Waals surface area contributed by atoms with Gasteiger partial charge in [0.1, 0.15) is 0 Å². The summed E-state index contributed by atoms with van der Waals surface area (Å²) in [7, 11) is -3.53. The van der Waals surface area contributed by atoms with E-state index in [4.69, 9.17) is 0 Å². The molecule has 8 heteroatoms. The van der Waals surface area contributed by atoms with Crippen LogP contribution < -0.4 is 10.0 Å². The molecule has 1 amide bonds. The number of nitrogens with zero attached hydrogens (tertiary/aromatic N) is 1. The molecule has 1 aliphatic heterocycles. The van der Waals surface area contributed by atoms with Crippen molar-refractivity contribution in [3.05, 3.63) is 29.8 Å². The molecule has 0 radical (unpaired) electrons. The second-order valence-corrected chi connectivity index (χ2v) is 8.16. The van der Waals surface area contributed by atoms with Gasteiger partial charge in [0.25, 0.3) is 5.91 Å². The van der Waals surface area contributed by atoms with Crippen LogP contribution in [-0.2, 0) is 10.0 Å². The molecular formula is C17H28ClN3O3S. The van der Waals surface area contributed by atoms with Crippen molar-refractivity contribution in [3.8, 4) is 0 Å². The van der Waals surface area contributed by atoms with Crippen LogP contribution in [0.2, 0.25) is 0 Å². The van der Waals surface area contributed by atoms with Crippen molar-refractivity contribution in [2.45, 2.75) is 50.6 Å². The fourth-order valence-electron chi connectivity index (χ4n) is 2.92. The summed E-state index contributed by atoms with van der Waals surface area (Å²) in [6, 6.07) is 6.23. The number of amides is 1. The number of hydrogen-bond donors (Lipinski definition) is 2. The number of nitrogens with one attached hydrogen (secondary N) is 2. The highest BCUT2D eigenvalue weighted by Crippen LogP contribution is 2.16. The van der Waals surface area contributed by atoms with E-state index in [9.17, 15) is 13.2 Å². The van der Waals surface area contributed by atoms with Crippen LogP contribution in [-0.4, -0.2) is 50.9 Å². The molecule has 25 heavy (non-hydrogen) atoms. The highest BCUT2D eigenvalue weighted by Gasteiger charge is 2.27. The third-order valence-corrected chi connectivity index (χ3v) is 5.68. The molecule has 2 rings (SSSR count). The highest BCUT2D eigenvalue weighted by atomic mass is 35.5. The van der Waals surface area contributed by atoms with E-state index in [0.29, 0.717) is 12.1 Å². The summed E-state index contributed by atoms with van der Waals surface area (Å²) >= 11 is 0. The number of halogens is 1. The van der Waals surface area contributed by atoms with Gasteiger partial charge in [-0.05, 0) is 57.5 Å². The molecule has 1 aromatic rings. The monoisotopic (exact) mass is 389 g/mol. The zero-order chi connectivity index (χ0) is 17.7. The van der Waals surface area contributed by atoms with Crippen LogP contribution in [0.1, 0.15) is 44.0 Å². The third kappa shape index (κ3) is 5.67. The zero-order valence-corrected chi connectivity index (χ0v) is 16.6. The lowest BCUT2D eigenvalue weighted by molar-refractivity contribution is 0.0692. The SMILES string of the molecule is CCCN(C(=O)c1ccc(S(=O)(=O)NC(C)C)cc1)C1CCNC1.Cl. The molecule has 1 unspecified atom stereocenters. The zero-order valence-electron chi connectivity index (χ0n) is 15.0. The molecular weight excluding hydrogens is 362 g/mol. The van der Waals surface area contributed by atoms with E-state index in [1.165, 1.54) is 12.1 Å². The molecule has 6 nitrogen and oxygen atoms in total. The molecule has 142 valence electrons. The molecule has 0 aliphatic carbocycles. The van der Waals surface area contributed by atoms with Gasteiger partial charge in [-0.3, -0.25) is 4.79 Å². The first-order chi connectivity index (χ1) is 11.3. The van der Waals surface area contributed by atoms with Crippen LogP contribution in [0.4, 0.5) is 0 Å². The van der Waals surface area contributed by atoms with E-state index < -0.39 is 10.0 Å². The van der Waals surface area contributed by atoms with Crippen molar-refractivity contribution in [2.75, 3.05) is 19.6 Å². The van der Waals surface area contributed by atoms with Crippen LogP contribution in [0.5, 0.6) is 0 Å². The number of hydrogen-bond acceptors (Lipinski definition) is 4. The van der Waals surface area contributed by atoms with E-state index in [-0.39, 0.29) is 35.3 Å². The molecule has 0 aromatic heterocycles. The lowest BCUT2D eigenvalue weighted by Gasteiger charge is -2.28. The first kappa shape index (κ1) is 21.9. The topological polar surface area (TPSA) is 78.5 Å². The number of carbonyl (C=O) groups is 1. The van der Waals surface area contributed by atoms with Gasteiger partial charge in [-0.15, -0.1) is 12.4 Å². The maximum absolute atomic E-state index is 12.8. The Labute approximate surface area is 156 Å². The minimum atomic E-state index is -3.53. The van der Waals surface area contributed by atoms with Gasteiger partial charge in [-0.25, -0.2) is 13.1 Å². The number of carbonyl (C=O) groups excluding carboxylic acids is 1. The second kappa shape index (κ2) is 9.52. The van der Waals surface area contributed by atoms with Gasteiger partial charge in [-0.2, -0.15) is 0 Å². The van der Waals surface area contributed by atoms with Crippen LogP contribution >= 0.6 is 12.4 Å². The Morgan fingerprint density at radius 2 is 1.96 bits per heavy atom. The van der Waals surface area contributed by atoms with Gasteiger partial charge in [0.05, 0.1) is 4.90 Å². The third-order valence-electron chi connectivity index (χ3n) is 4.00. The maximum atomic E-state index is 12.8. The highest BCUT2D eigenvalue weighted by molar-refractivity contribution is 7.89. The summed E-state index contributed by atoms with van der Waals surface area (Å²) in [6.07, 6.45) is 1.85. The summed E-state index contributed by atoms with van der Waals surface area (Å²) in [6.45, 7) is 8.05. The van der Waals surface area contributed by atoms with Gasteiger partial charge in [-0.1, -0.05) is 6.92 Å². The molecule has 0 spiro atoms. The standard InChI is InChI=1S/C17H27N3O3S.ClH/c1-4-11-20(15-9-10-18-12-15)17(21)14-5-7-16(8-6-14)24(22,23)19-13(2)3;/h5-8,13,15,18-19H,4,9-12H2,1-3H3;1H. The van der Waals surface area contributed by atoms with Crippen molar-refractivity contribution in [1.82, 2.24) is 14.9 Å². The summed E-state index contributed by atoms with van der Waals surface area (Å²) in [5.41, 5.74) is 0.527. The Morgan fingerprint density at radius 1 is 1.32 bits per heavy atom. The Balaban J connectivity index is 0.00000312. The predicted molar refractivity (Wildman–Crippen MR) is 102 cm³/mol. The Morgan fingerprint density at radius 3 is 2.44 bits per heavy atom. The van der Waals surface area contributed by atoms with Gasteiger partial charge in [0, 0.05) is 30.7 Å². The lowest BCUT2D eigenvalue weighted by atomic mass is 10.1. The van der Waals surface area contributed by atoms with Crippen LogP contribution in [0, 0.1) is 0 Å². The van der Waals surface area contributed by atoms with Crippen LogP contribution in [0.15, 0.2) is 29.2 Å². The lowest BCUT2D eigenvalue weighted by Crippen LogP contribution is -2.42. The maximum Gasteiger partial charge on any atom is 0.254 e. The average Bonchev–Trinajstić information content (AvgIpc) is 3.05. The van der Waals surface area contributed by atoms with Gasteiger partial charge in [0.2, 0.25) is 10.0 Å². The van der Waals surface area contributed by atoms with Crippen molar-refractivity contribution in [3.63, 3.8) is 0 Å². The van der Waals surface area contributed by atoms with Gasteiger partial charge in [0.15, 0.2) is 0 Å². The van der Waals surface area contributed by atoms with Crippen molar-refractivity contribution >= 4 is 28.3 Å². The fraction of sp³-hybridized carbons (Fsp3) is 0.588. The molecule has 1 aromatic carbocycles. The summed E-state index contributed by atoms with van der Waals surface area (Å²) in [5.74, 6) is -0.0358. The van der Waals surface area contributed by atoms with Crippen molar-refractivity contribution in [2.24, 2.45) is 0 Å². The van der Waals surface area contributed by atoms with E-state index in [0.717, 1.165) is 25.9 Å². The molecule has 1 heterocycles. The van der Waals surface area contributed by atoms with Crippen molar-refractivity contribution in [1.29, 1.82) is 0 Å². The first-order valence-electron chi connectivity index (χ1n) is 8.49. The largest absolute Gasteiger partial charge is 0.334 e. The van der Waals surface area contributed by atoms with Gasteiger partial charge >= 0.3 is 0 Å². The number of sulfonamides is 1. The molecule has 0 bridgehead atoms. The van der Waals surface area contributed by atoms with Crippen molar-refractivity contribution < 1.29 is 13.2 Å². The van der Waals surface area contributed by atoms with E-state index in [1.54, 1.807) is 26.0 Å². The average molecular weight is 390 g/mol. The summed E-state index contributed by atoms with van der Waals surface area (Å²) in [4.78, 5) is 14.9. The Kier molecular flexibility index (Phi) is 8.34. The molecule has 1 aliphatic rings. The molecule has 1 atom stereocenters. The van der Waals surface area contributed by atoms with E-state index in [2.05, 4.69) is 17.0 Å². The van der Waals surface area contributed by atoms with E-state index >= 15 is 0 Å². The predicted octanol–water partition coefficient (Wildman–Crippen LogP) is 2.01. The molecule has 1 fully saturated rings. The summed E-state index contributed by atoms with van der Waals surface area (Å²) < 4.78 is 26.8. The summed E-state index contributed by atoms with van der Waals surface area (Å²) in [5, 5.41) is 3.28. The quantitative estimate of drug-likeness (QED) is 0.747. The number of benzene rings is 1. The molecule has 2 N–H and O–H groups in total. The van der Waals surface area contributed by atoms with Crippen LogP contribution in [0.25, 0.3) is 0 Å². The Bertz CT molecular complexity index is 656. The minimum absolute atomic E-state index is 0. The molecule has 0 saturated carbocycles. The fourth-order valence-corrected chi connectivity index (χ4v) is 4.17. The van der Waals surface area contributed by atoms with Crippen LogP contribution in [0.3, 0.4) is 0 Å². The Hall–Kier alpha value is -1.15. The first-order valence-corrected chi connectivity index (χ1v) is 9.97. The second-order valence-electron chi connectivity index (χ2n) is 6.45. The number of rotatable bonds is 7. The van der Waals surface area contributed by atoms with Gasteiger partial charge < -0.3 is 10.2 Å². The smallest absolute Gasteiger partial charge is 0.254 e. The minimum Gasteiger partial charge on any atom is -0.334 e. The molecule has 1 saturated heterocycles.